The molecule has 2 rings (SSSR count). The van der Waals surface area contributed by atoms with E-state index in [9.17, 15) is 8.42 Å². The molecule has 0 spiro atoms. The van der Waals surface area contributed by atoms with E-state index in [1.54, 1.807) is 0 Å². The molecule has 2 fully saturated rings. The van der Waals surface area contributed by atoms with Gasteiger partial charge in [0.1, 0.15) is 0 Å². The lowest BCUT2D eigenvalue weighted by atomic mass is 9.92. The lowest BCUT2D eigenvalue weighted by Gasteiger charge is -2.23. The molecule has 1 aliphatic heterocycles. The molecule has 1 aliphatic carbocycles. The van der Waals surface area contributed by atoms with Crippen molar-refractivity contribution >= 4 is 9.84 Å². The number of sulfone groups is 1. The van der Waals surface area contributed by atoms with Gasteiger partial charge in [-0.3, -0.25) is 0 Å². The van der Waals surface area contributed by atoms with Gasteiger partial charge in [0.2, 0.25) is 0 Å². The Kier molecular flexibility index (Phi) is 5.66. The smallest absolute Gasteiger partial charge is 0.150 e. The van der Waals surface area contributed by atoms with Crippen LogP contribution in [0.5, 0.6) is 0 Å². The maximum Gasteiger partial charge on any atom is 0.150 e. The maximum atomic E-state index is 11.6. The van der Waals surface area contributed by atoms with Crippen molar-refractivity contribution in [2.24, 2.45) is 17.8 Å². The van der Waals surface area contributed by atoms with Gasteiger partial charge in [0.05, 0.1) is 18.1 Å². The Morgan fingerprint density at radius 1 is 1.32 bits per heavy atom. The van der Waals surface area contributed by atoms with Gasteiger partial charge in [-0.1, -0.05) is 6.92 Å². The van der Waals surface area contributed by atoms with Gasteiger partial charge in [-0.05, 0) is 50.0 Å². The van der Waals surface area contributed by atoms with E-state index in [1.165, 1.54) is 12.8 Å². The zero-order chi connectivity index (χ0) is 13.7. The molecule has 0 aromatic heterocycles. The highest BCUT2D eigenvalue weighted by Crippen LogP contribution is 2.30. The van der Waals surface area contributed by atoms with Gasteiger partial charge >= 0.3 is 0 Å². The Hall–Kier alpha value is -0.130. The molecule has 0 aromatic carbocycles. The van der Waals surface area contributed by atoms with E-state index >= 15 is 0 Å². The standard InChI is InChI=1S/C14H27NO3S/c1-2-6-15-8-14(10-18-9-12-3-4-12)13-5-7-19(16,17)11-13/h12-15H,2-11H2,1H3. The van der Waals surface area contributed by atoms with Crippen LogP contribution in [0.2, 0.25) is 0 Å². The molecule has 5 heteroatoms. The summed E-state index contributed by atoms with van der Waals surface area (Å²) >= 11 is 0. The van der Waals surface area contributed by atoms with Crippen molar-refractivity contribution in [2.75, 3.05) is 37.8 Å². The summed E-state index contributed by atoms with van der Waals surface area (Å²) in [4.78, 5) is 0. The molecule has 0 bridgehead atoms. The summed E-state index contributed by atoms with van der Waals surface area (Å²) in [5.41, 5.74) is 0. The van der Waals surface area contributed by atoms with Crippen LogP contribution >= 0.6 is 0 Å². The van der Waals surface area contributed by atoms with Crippen LogP contribution < -0.4 is 5.32 Å². The van der Waals surface area contributed by atoms with E-state index < -0.39 is 9.84 Å². The fraction of sp³-hybridized carbons (Fsp3) is 1.00. The van der Waals surface area contributed by atoms with E-state index in [2.05, 4.69) is 12.2 Å². The third kappa shape index (κ3) is 5.40. The molecule has 1 heterocycles. The molecule has 2 atom stereocenters. The van der Waals surface area contributed by atoms with Gasteiger partial charge in [-0.15, -0.1) is 0 Å². The summed E-state index contributed by atoms with van der Waals surface area (Å²) in [5, 5.41) is 3.42. The first-order valence-electron chi connectivity index (χ1n) is 7.59. The summed E-state index contributed by atoms with van der Waals surface area (Å²) in [5.74, 6) is 2.13. The molecular formula is C14H27NO3S. The molecule has 1 saturated heterocycles. The van der Waals surface area contributed by atoms with Gasteiger partial charge < -0.3 is 10.1 Å². The Morgan fingerprint density at radius 3 is 2.68 bits per heavy atom. The zero-order valence-electron chi connectivity index (χ0n) is 11.9. The van der Waals surface area contributed by atoms with Crippen LogP contribution in [0, 0.1) is 17.8 Å². The monoisotopic (exact) mass is 289 g/mol. The topological polar surface area (TPSA) is 55.4 Å². The van der Waals surface area contributed by atoms with Crippen LogP contribution in [0.15, 0.2) is 0 Å². The fourth-order valence-corrected chi connectivity index (χ4v) is 4.61. The van der Waals surface area contributed by atoms with E-state index in [0.29, 0.717) is 24.0 Å². The highest BCUT2D eigenvalue weighted by atomic mass is 32.2. The minimum Gasteiger partial charge on any atom is -0.381 e. The molecule has 4 nitrogen and oxygen atoms in total. The van der Waals surface area contributed by atoms with Crippen molar-refractivity contribution < 1.29 is 13.2 Å². The van der Waals surface area contributed by atoms with E-state index in [0.717, 1.165) is 38.5 Å². The Balaban J connectivity index is 1.77. The molecule has 112 valence electrons. The van der Waals surface area contributed by atoms with Gasteiger partial charge in [-0.2, -0.15) is 0 Å². The van der Waals surface area contributed by atoms with Crippen molar-refractivity contribution in [1.29, 1.82) is 0 Å². The summed E-state index contributed by atoms with van der Waals surface area (Å²) in [7, 11) is -2.78. The first kappa shape index (κ1) is 15.3. The fourth-order valence-electron chi connectivity index (χ4n) is 2.69. The van der Waals surface area contributed by atoms with Gasteiger partial charge in [0, 0.05) is 13.2 Å². The normalized spacial score (nSPS) is 27.5. The largest absolute Gasteiger partial charge is 0.381 e. The van der Waals surface area contributed by atoms with Crippen molar-refractivity contribution in [3.05, 3.63) is 0 Å². The van der Waals surface area contributed by atoms with Crippen LogP contribution in [0.4, 0.5) is 0 Å². The summed E-state index contributed by atoms with van der Waals surface area (Å²) in [6.45, 7) is 5.61. The minimum atomic E-state index is -2.78. The van der Waals surface area contributed by atoms with Crippen molar-refractivity contribution in [1.82, 2.24) is 5.32 Å². The predicted molar refractivity (Wildman–Crippen MR) is 77.0 cm³/mol. The summed E-state index contributed by atoms with van der Waals surface area (Å²) < 4.78 is 29.0. The van der Waals surface area contributed by atoms with Crippen LogP contribution in [0.1, 0.15) is 32.6 Å². The molecule has 1 saturated carbocycles. The molecule has 19 heavy (non-hydrogen) atoms. The Bertz CT molecular complexity index is 365. The lowest BCUT2D eigenvalue weighted by Crippen LogP contribution is -2.33. The third-order valence-electron chi connectivity index (χ3n) is 4.15. The molecule has 0 amide bonds. The Labute approximate surface area is 117 Å². The first-order chi connectivity index (χ1) is 9.11. The molecular weight excluding hydrogens is 262 g/mol. The number of ether oxygens (including phenoxy) is 1. The quantitative estimate of drug-likeness (QED) is 0.653. The van der Waals surface area contributed by atoms with E-state index in [1.807, 2.05) is 0 Å². The minimum absolute atomic E-state index is 0.286. The second-order valence-electron chi connectivity index (χ2n) is 6.11. The maximum absolute atomic E-state index is 11.6. The lowest BCUT2D eigenvalue weighted by molar-refractivity contribution is 0.0737. The van der Waals surface area contributed by atoms with Crippen LogP contribution in [0.25, 0.3) is 0 Å². The SMILES string of the molecule is CCCNCC(COCC1CC1)C1CCS(=O)(=O)C1. The first-order valence-corrected chi connectivity index (χ1v) is 9.41. The summed E-state index contributed by atoms with van der Waals surface area (Å²) in [6.07, 6.45) is 4.53. The van der Waals surface area contributed by atoms with Crippen LogP contribution in [-0.2, 0) is 14.6 Å². The average molecular weight is 289 g/mol. The van der Waals surface area contributed by atoms with Gasteiger partial charge in [0.15, 0.2) is 9.84 Å². The van der Waals surface area contributed by atoms with Gasteiger partial charge in [-0.25, -0.2) is 8.42 Å². The van der Waals surface area contributed by atoms with Gasteiger partial charge in [0.25, 0.3) is 0 Å². The number of hydrogen-bond donors (Lipinski definition) is 1. The van der Waals surface area contributed by atoms with Crippen molar-refractivity contribution in [3.8, 4) is 0 Å². The molecule has 2 aliphatic rings. The zero-order valence-corrected chi connectivity index (χ0v) is 12.8. The number of hydrogen-bond acceptors (Lipinski definition) is 4. The average Bonchev–Trinajstić information content (AvgIpc) is 3.11. The highest BCUT2D eigenvalue weighted by Gasteiger charge is 2.33. The van der Waals surface area contributed by atoms with Crippen molar-refractivity contribution in [2.45, 2.75) is 32.6 Å². The molecule has 0 radical (unpaired) electrons. The highest BCUT2D eigenvalue weighted by molar-refractivity contribution is 7.91. The molecule has 2 unspecified atom stereocenters. The molecule has 1 N–H and O–H groups in total. The van der Waals surface area contributed by atoms with E-state index in [-0.39, 0.29) is 5.92 Å². The van der Waals surface area contributed by atoms with Crippen LogP contribution in [0.3, 0.4) is 0 Å². The van der Waals surface area contributed by atoms with Crippen LogP contribution in [-0.4, -0.2) is 46.2 Å². The van der Waals surface area contributed by atoms with Crippen molar-refractivity contribution in [3.63, 3.8) is 0 Å². The Morgan fingerprint density at radius 2 is 2.11 bits per heavy atom. The second kappa shape index (κ2) is 7.04. The third-order valence-corrected chi connectivity index (χ3v) is 5.94. The van der Waals surface area contributed by atoms with E-state index in [4.69, 9.17) is 4.74 Å². The summed E-state index contributed by atoms with van der Waals surface area (Å²) in [6, 6.07) is 0. The second-order valence-corrected chi connectivity index (χ2v) is 8.34. The molecule has 0 aromatic rings. The number of nitrogens with one attached hydrogen (secondary N) is 1. The number of rotatable bonds is 9. The predicted octanol–water partition coefficient (Wildman–Crippen LogP) is 1.46.